The van der Waals surface area contributed by atoms with E-state index in [0.717, 1.165) is 24.1 Å². The molecule has 27 heavy (non-hydrogen) atoms. The lowest BCUT2D eigenvalue weighted by atomic mass is 9.99. The Kier molecular flexibility index (Phi) is 6.60. The van der Waals surface area contributed by atoms with E-state index < -0.39 is 0 Å². The lowest BCUT2D eigenvalue weighted by Gasteiger charge is -2.22. The molecule has 0 aliphatic rings. The van der Waals surface area contributed by atoms with Gasteiger partial charge in [0.1, 0.15) is 12.0 Å². The molecule has 0 bridgehead atoms. The average molecular weight is 363 g/mol. The number of nitrogens with two attached hydrogens (primary N) is 1. The second-order valence-corrected chi connectivity index (χ2v) is 6.16. The second kappa shape index (κ2) is 9.54. The van der Waals surface area contributed by atoms with Gasteiger partial charge in [-0.1, -0.05) is 60.7 Å². The number of hydrogen-bond donors (Lipinski definition) is 3. The lowest BCUT2D eigenvalue weighted by Crippen LogP contribution is -2.16. The van der Waals surface area contributed by atoms with Gasteiger partial charge in [0.2, 0.25) is 0 Å². The number of ether oxygens (including phenoxy) is 1. The van der Waals surface area contributed by atoms with Crippen LogP contribution in [0.4, 0.5) is 17.3 Å². The Balaban J connectivity index is 1.84. The molecule has 0 aliphatic carbocycles. The van der Waals surface area contributed by atoms with E-state index in [4.69, 9.17) is 10.5 Å². The minimum atomic E-state index is -0.0639. The quantitative estimate of drug-likeness (QED) is 0.503. The molecule has 0 unspecified atom stereocenters. The molecule has 1 aromatic heterocycles. The molecule has 6 heteroatoms. The van der Waals surface area contributed by atoms with Crippen molar-refractivity contribution in [3.8, 4) is 0 Å². The number of rotatable bonds is 9. The van der Waals surface area contributed by atoms with Gasteiger partial charge in [-0.2, -0.15) is 0 Å². The van der Waals surface area contributed by atoms with Crippen molar-refractivity contribution < 1.29 is 4.74 Å². The zero-order valence-electron chi connectivity index (χ0n) is 15.4. The van der Waals surface area contributed by atoms with Gasteiger partial charge in [0, 0.05) is 20.3 Å². The summed E-state index contributed by atoms with van der Waals surface area (Å²) in [5, 5.41) is 6.73. The minimum absolute atomic E-state index is 0.0639. The highest BCUT2D eigenvalue weighted by molar-refractivity contribution is 5.74. The van der Waals surface area contributed by atoms with Crippen LogP contribution in [0.25, 0.3) is 0 Å². The van der Waals surface area contributed by atoms with E-state index in [0.29, 0.717) is 23.9 Å². The van der Waals surface area contributed by atoms with Crippen LogP contribution in [0.3, 0.4) is 0 Å². The van der Waals surface area contributed by atoms with Crippen LogP contribution in [0.5, 0.6) is 0 Å². The van der Waals surface area contributed by atoms with E-state index in [1.165, 1.54) is 6.33 Å². The minimum Gasteiger partial charge on any atom is -0.393 e. The Morgan fingerprint density at radius 2 is 1.52 bits per heavy atom. The zero-order chi connectivity index (χ0) is 18.9. The number of aromatic nitrogens is 2. The van der Waals surface area contributed by atoms with Crippen molar-refractivity contribution in [1.82, 2.24) is 9.97 Å². The first kappa shape index (κ1) is 18.7. The molecular formula is C21H25N5O. The summed E-state index contributed by atoms with van der Waals surface area (Å²) in [7, 11) is 1.69. The topological polar surface area (TPSA) is 85.1 Å². The highest BCUT2D eigenvalue weighted by Crippen LogP contribution is 2.30. The van der Waals surface area contributed by atoms with Crippen LogP contribution in [0.2, 0.25) is 0 Å². The van der Waals surface area contributed by atoms with E-state index in [9.17, 15) is 0 Å². The monoisotopic (exact) mass is 363 g/mol. The van der Waals surface area contributed by atoms with Gasteiger partial charge in [0.25, 0.3) is 0 Å². The first-order chi connectivity index (χ1) is 13.3. The molecule has 6 nitrogen and oxygen atoms in total. The van der Waals surface area contributed by atoms with Gasteiger partial charge in [0.05, 0.1) is 6.04 Å². The summed E-state index contributed by atoms with van der Waals surface area (Å²) in [6.45, 7) is 1.42. The molecule has 3 aromatic rings. The molecule has 0 atom stereocenters. The van der Waals surface area contributed by atoms with Gasteiger partial charge < -0.3 is 21.1 Å². The van der Waals surface area contributed by atoms with Gasteiger partial charge in [0.15, 0.2) is 11.6 Å². The molecule has 0 saturated carbocycles. The smallest absolute Gasteiger partial charge is 0.155 e. The van der Waals surface area contributed by atoms with Crippen LogP contribution < -0.4 is 16.4 Å². The molecule has 0 amide bonds. The summed E-state index contributed by atoms with van der Waals surface area (Å²) in [4.78, 5) is 8.62. The van der Waals surface area contributed by atoms with Gasteiger partial charge in [-0.3, -0.25) is 0 Å². The summed E-state index contributed by atoms with van der Waals surface area (Å²) in [5.41, 5.74) is 9.10. The van der Waals surface area contributed by atoms with Crippen molar-refractivity contribution in [2.75, 3.05) is 36.6 Å². The Morgan fingerprint density at radius 3 is 2.11 bits per heavy atom. The number of methoxy groups -OCH3 is 1. The molecule has 4 N–H and O–H groups in total. The maximum absolute atomic E-state index is 6.32. The molecule has 3 rings (SSSR count). The highest BCUT2D eigenvalue weighted by Gasteiger charge is 2.17. The Hall–Kier alpha value is -3.12. The number of nitrogens with zero attached hydrogens (tertiary/aromatic N) is 2. The van der Waals surface area contributed by atoms with Gasteiger partial charge in [-0.15, -0.1) is 0 Å². The lowest BCUT2D eigenvalue weighted by molar-refractivity contribution is 0.198. The molecule has 0 fully saturated rings. The standard InChI is InChI=1S/C21H25N5O/c1-27-14-8-13-23-20-18(22)21(25-15-24-20)26-19(16-9-4-2-5-10-16)17-11-6-3-7-12-17/h2-7,9-12,15,19H,8,13-14,22H2,1H3,(H2,23,24,25,26). The van der Waals surface area contributed by atoms with Crippen molar-refractivity contribution in [2.45, 2.75) is 12.5 Å². The van der Waals surface area contributed by atoms with Gasteiger partial charge >= 0.3 is 0 Å². The maximum Gasteiger partial charge on any atom is 0.155 e. The van der Waals surface area contributed by atoms with Crippen molar-refractivity contribution in [1.29, 1.82) is 0 Å². The number of nitrogens with one attached hydrogen (secondary N) is 2. The zero-order valence-corrected chi connectivity index (χ0v) is 15.4. The Labute approximate surface area is 159 Å². The van der Waals surface area contributed by atoms with E-state index in [2.05, 4.69) is 44.9 Å². The van der Waals surface area contributed by atoms with Crippen LogP contribution in [0.1, 0.15) is 23.6 Å². The van der Waals surface area contributed by atoms with Crippen LogP contribution in [-0.4, -0.2) is 30.2 Å². The molecule has 0 aliphatic heterocycles. The fraction of sp³-hybridized carbons (Fsp3) is 0.238. The van der Waals surface area contributed by atoms with Crippen LogP contribution in [0.15, 0.2) is 67.0 Å². The third kappa shape index (κ3) is 4.95. The first-order valence-electron chi connectivity index (χ1n) is 8.99. The maximum atomic E-state index is 6.32. The molecular weight excluding hydrogens is 338 g/mol. The Morgan fingerprint density at radius 1 is 0.926 bits per heavy atom. The third-order valence-electron chi connectivity index (χ3n) is 4.25. The van der Waals surface area contributed by atoms with Crippen LogP contribution in [0, 0.1) is 0 Å². The number of nitrogen functional groups attached to an aromatic ring is 1. The molecule has 1 heterocycles. The van der Waals surface area contributed by atoms with Gasteiger partial charge in [-0.05, 0) is 17.5 Å². The molecule has 0 saturated heterocycles. The average Bonchev–Trinajstić information content (AvgIpc) is 2.72. The summed E-state index contributed by atoms with van der Waals surface area (Å²) >= 11 is 0. The predicted octanol–water partition coefficient (Wildman–Crippen LogP) is 3.71. The van der Waals surface area contributed by atoms with Gasteiger partial charge in [-0.25, -0.2) is 9.97 Å². The Bertz CT molecular complexity index is 787. The number of benzene rings is 2. The van der Waals surface area contributed by atoms with Crippen LogP contribution in [-0.2, 0) is 4.74 Å². The summed E-state index contributed by atoms with van der Waals surface area (Å²) < 4.78 is 5.07. The first-order valence-corrected chi connectivity index (χ1v) is 8.99. The fourth-order valence-electron chi connectivity index (χ4n) is 2.86. The van der Waals surface area contributed by atoms with E-state index in [1.807, 2.05) is 36.4 Å². The number of anilines is 3. The summed E-state index contributed by atoms with van der Waals surface area (Å²) in [6.07, 6.45) is 2.39. The SMILES string of the molecule is COCCCNc1ncnc(NC(c2ccccc2)c2ccccc2)c1N. The van der Waals surface area contributed by atoms with Crippen molar-refractivity contribution >= 4 is 17.3 Å². The normalized spacial score (nSPS) is 10.7. The summed E-state index contributed by atoms with van der Waals surface area (Å²) in [5.74, 6) is 1.24. The molecule has 140 valence electrons. The molecule has 2 aromatic carbocycles. The van der Waals surface area contributed by atoms with Crippen molar-refractivity contribution in [2.24, 2.45) is 0 Å². The predicted molar refractivity (Wildman–Crippen MR) is 110 cm³/mol. The number of hydrogen-bond acceptors (Lipinski definition) is 6. The van der Waals surface area contributed by atoms with E-state index in [-0.39, 0.29) is 6.04 Å². The highest BCUT2D eigenvalue weighted by atomic mass is 16.5. The fourth-order valence-corrected chi connectivity index (χ4v) is 2.86. The second-order valence-electron chi connectivity index (χ2n) is 6.16. The van der Waals surface area contributed by atoms with Crippen molar-refractivity contribution in [3.05, 3.63) is 78.1 Å². The van der Waals surface area contributed by atoms with E-state index in [1.54, 1.807) is 7.11 Å². The van der Waals surface area contributed by atoms with Crippen LogP contribution >= 0.6 is 0 Å². The van der Waals surface area contributed by atoms with E-state index >= 15 is 0 Å². The third-order valence-corrected chi connectivity index (χ3v) is 4.25. The molecule has 0 radical (unpaired) electrons. The summed E-state index contributed by atoms with van der Waals surface area (Å²) in [6, 6.07) is 20.4. The van der Waals surface area contributed by atoms with Crippen molar-refractivity contribution in [3.63, 3.8) is 0 Å². The molecule has 0 spiro atoms. The largest absolute Gasteiger partial charge is 0.393 e.